The maximum absolute atomic E-state index is 12.1. The number of aliphatic hydroxyl groups is 1. The minimum atomic E-state index is -0.245. The lowest BCUT2D eigenvalue weighted by Crippen LogP contribution is -2.46. The van der Waals surface area contributed by atoms with E-state index in [0.717, 1.165) is 43.7 Å². The Labute approximate surface area is 153 Å². The van der Waals surface area contributed by atoms with Gasteiger partial charge in [0.25, 0.3) is 0 Å². The highest BCUT2D eigenvalue weighted by atomic mass is 16.3. The van der Waals surface area contributed by atoms with Crippen molar-refractivity contribution < 1.29 is 9.90 Å². The summed E-state index contributed by atoms with van der Waals surface area (Å²) >= 11 is 0. The number of aliphatic hydroxyl groups excluding tert-OH is 1. The molecule has 0 radical (unpaired) electrons. The van der Waals surface area contributed by atoms with Gasteiger partial charge in [-0.1, -0.05) is 18.6 Å². The molecule has 4 N–H and O–H groups in total. The number of rotatable bonds is 6. The fourth-order valence-electron chi connectivity index (χ4n) is 3.26. The van der Waals surface area contributed by atoms with Gasteiger partial charge in [-0.25, -0.2) is 9.78 Å². The zero-order chi connectivity index (χ0) is 18.4. The second-order valence-electron chi connectivity index (χ2n) is 6.57. The first-order valence-electron chi connectivity index (χ1n) is 9.05. The number of anilines is 1. The Hall–Kier alpha value is -2.45. The van der Waals surface area contributed by atoms with Crippen LogP contribution in [0.4, 0.5) is 10.5 Å². The van der Waals surface area contributed by atoms with Crippen molar-refractivity contribution in [2.45, 2.75) is 32.2 Å². The maximum Gasteiger partial charge on any atom is 0.319 e. The fraction of sp³-hybridized carbons (Fsp3) is 0.500. The second kappa shape index (κ2) is 8.77. The molecule has 1 aliphatic rings. The predicted molar refractivity (Wildman–Crippen MR) is 99.9 cm³/mol. The number of nitrogens with one attached hydrogen (secondary N) is 3. The first-order valence-corrected chi connectivity index (χ1v) is 9.05. The molecule has 2 aromatic rings. The molecular weight excluding hydrogens is 332 g/mol. The number of carbonyl (C=O) groups excluding carboxylic acids is 1. The summed E-state index contributed by atoms with van der Waals surface area (Å²) in [5, 5.41) is 22.1. The molecule has 1 atom stereocenters. The maximum atomic E-state index is 12.1. The summed E-state index contributed by atoms with van der Waals surface area (Å²) in [6.07, 6.45) is 3.34. The summed E-state index contributed by atoms with van der Waals surface area (Å²) in [7, 11) is 0. The molecule has 2 heterocycles. The molecule has 26 heavy (non-hydrogen) atoms. The highest BCUT2D eigenvalue weighted by Gasteiger charge is 2.21. The molecule has 8 heteroatoms. The van der Waals surface area contributed by atoms with Gasteiger partial charge < -0.3 is 15.7 Å². The molecule has 1 fully saturated rings. The zero-order valence-electron chi connectivity index (χ0n) is 15.0. The van der Waals surface area contributed by atoms with E-state index in [4.69, 9.17) is 0 Å². The lowest BCUT2D eigenvalue weighted by Gasteiger charge is -2.34. The predicted octanol–water partition coefficient (Wildman–Crippen LogP) is 1.75. The Morgan fingerprint density at radius 3 is 3.08 bits per heavy atom. The van der Waals surface area contributed by atoms with Crippen molar-refractivity contribution in [2.75, 3.05) is 31.6 Å². The van der Waals surface area contributed by atoms with Crippen molar-refractivity contribution in [3.05, 3.63) is 30.1 Å². The van der Waals surface area contributed by atoms with Crippen LogP contribution in [-0.4, -0.2) is 63.5 Å². The van der Waals surface area contributed by atoms with Gasteiger partial charge in [0, 0.05) is 30.4 Å². The number of aromatic amines is 1. The van der Waals surface area contributed by atoms with E-state index < -0.39 is 0 Å². The van der Waals surface area contributed by atoms with E-state index in [1.54, 1.807) is 0 Å². The first kappa shape index (κ1) is 18.3. The number of nitrogens with zero attached hydrogens (tertiary/aromatic N) is 3. The van der Waals surface area contributed by atoms with E-state index in [-0.39, 0.29) is 18.7 Å². The smallest absolute Gasteiger partial charge is 0.319 e. The van der Waals surface area contributed by atoms with Crippen LogP contribution in [0.2, 0.25) is 0 Å². The molecule has 2 amide bonds. The normalized spacial score (nSPS) is 17.8. The van der Waals surface area contributed by atoms with Gasteiger partial charge in [-0.15, -0.1) is 0 Å². The molecule has 0 saturated carbocycles. The van der Waals surface area contributed by atoms with Gasteiger partial charge in [0.1, 0.15) is 5.82 Å². The van der Waals surface area contributed by atoms with Crippen LogP contribution in [0.15, 0.2) is 24.3 Å². The SMILES string of the molecule is Cc1nc(-c2cccc(NC(=O)NCCN3CCCC[C@H]3CO)c2)n[nH]1. The van der Waals surface area contributed by atoms with Crippen LogP contribution in [0.25, 0.3) is 11.4 Å². The van der Waals surface area contributed by atoms with E-state index in [1.807, 2.05) is 31.2 Å². The molecule has 1 saturated heterocycles. The largest absolute Gasteiger partial charge is 0.395 e. The minimum absolute atomic E-state index is 0.180. The molecule has 0 unspecified atom stereocenters. The van der Waals surface area contributed by atoms with Crippen LogP contribution in [0.1, 0.15) is 25.1 Å². The Bertz CT molecular complexity index is 732. The third kappa shape index (κ3) is 4.80. The number of piperidine rings is 1. The monoisotopic (exact) mass is 358 g/mol. The summed E-state index contributed by atoms with van der Waals surface area (Å²) in [4.78, 5) is 18.7. The highest BCUT2D eigenvalue weighted by Crippen LogP contribution is 2.19. The molecule has 140 valence electrons. The van der Waals surface area contributed by atoms with Crippen LogP contribution < -0.4 is 10.6 Å². The Morgan fingerprint density at radius 2 is 2.31 bits per heavy atom. The number of aromatic nitrogens is 3. The van der Waals surface area contributed by atoms with E-state index in [0.29, 0.717) is 18.1 Å². The number of amides is 2. The third-order valence-corrected chi connectivity index (χ3v) is 4.62. The molecule has 0 bridgehead atoms. The van der Waals surface area contributed by atoms with Gasteiger partial charge >= 0.3 is 6.03 Å². The van der Waals surface area contributed by atoms with E-state index >= 15 is 0 Å². The van der Waals surface area contributed by atoms with Gasteiger partial charge in [0.15, 0.2) is 5.82 Å². The van der Waals surface area contributed by atoms with Crippen LogP contribution in [-0.2, 0) is 0 Å². The summed E-state index contributed by atoms with van der Waals surface area (Å²) in [6, 6.07) is 7.40. The fourth-order valence-corrected chi connectivity index (χ4v) is 3.26. The second-order valence-corrected chi connectivity index (χ2v) is 6.57. The van der Waals surface area contributed by atoms with Crippen molar-refractivity contribution in [3.63, 3.8) is 0 Å². The Morgan fingerprint density at radius 1 is 1.42 bits per heavy atom. The summed E-state index contributed by atoms with van der Waals surface area (Å²) in [5.41, 5.74) is 1.53. The Kier molecular flexibility index (Phi) is 6.19. The number of H-pyrrole nitrogens is 1. The molecule has 1 aromatic heterocycles. The molecule has 0 spiro atoms. The van der Waals surface area contributed by atoms with Gasteiger partial charge in [0.2, 0.25) is 0 Å². The minimum Gasteiger partial charge on any atom is -0.395 e. The summed E-state index contributed by atoms with van der Waals surface area (Å²) in [6.45, 7) is 4.29. The van der Waals surface area contributed by atoms with Crippen LogP contribution in [0.5, 0.6) is 0 Å². The zero-order valence-corrected chi connectivity index (χ0v) is 15.0. The van der Waals surface area contributed by atoms with Gasteiger partial charge in [-0.2, -0.15) is 5.10 Å². The van der Waals surface area contributed by atoms with Gasteiger partial charge in [-0.05, 0) is 38.4 Å². The number of likely N-dealkylation sites (tertiary alicyclic amines) is 1. The van der Waals surface area contributed by atoms with Crippen LogP contribution in [0.3, 0.4) is 0 Å². The lowest BCUT2D eigenvalue weighted by molar-refractivity contribution is 0.0917. The van der Waals surface area contributed by atoms with Crippen molar-refractivity contribution in [1.29, 1.82) is 0 Å². The Balaban J connectivity index is 1.49. The van der Waals surface area contributed by atoms with E-state index in [9.17, 15) is 9.90 Å². The summed E-state index contributed by atoms with van der Waals surface area (Å²) in [5.74, 6) is 1.35. The number of hydrogen-bond donors (Lipinski definition) is 4. The molecule has 1 aliphatic heterocycles. The van der Waals surface area contributed by atoms with Crippen molar-refractivity contribution >= 4 is 11.7 Å². The van der Waals surface area contributed by atoms with Crippen molar-refractivity contribution in [2.24, 2.45) is 0 Å². The molecule has 1 aromatic carbocycles. The quantitative estimate of drug-likeness (QED) is 0.629. The number of benzene rings is 1. The topological polar surface area (TPSA) is 106 Å². The third-order valence-electron chi connectivity index (χ3n) is 4.62. The number of aryl methyl sites for hydroxylation is 1. The summed E-state index contributed by atoms with van der Waals surface area (Å²) < 4.78 is 0. The number of urea groups is 1. The van der Waals surface area contributed by atoms with Gasteiger partial charge in [-0.3, -0.25) is 10.00 Å². The number of hydrogen-bond acceptors (Lipinski definition) is 5. The van der Waals surface area contributed by atoms with Crippen molar-refractivity contribution in [3.8, 4) is 11.4 Å². The average Bonchev–Trinajstić information content (AvgIpc) is 3.09. The molecule has 0 aliphatic carbocycles. The van der Waals surface area contributed by atoms with E-state index in [2.05, 4.69) is 30.7 Å². The average molecular weight is 358 g/mol. The van der Waals surface area contributed by atoms with Crippen LogP contribution in [0, 0.1) is 6.92 Å². The molecular formula is C18H26N6O2. The lowest BCUT2D eigenvalue weighted by atomic mass is 10.0. The van der Waals surface area contributed by atoms with Crippen molar-refractivity contribution in [1.82, 2.24) is 25.4 Å². The molecule has 8 nitrogen and oxygen atoms in total. The highest BCUT2D eigenvalue weighted by molar-refractivity contribution is 5.89. The van der Waals surface area contributed by atoms with E-state index in [1.165, 1.54) is 0 Å². The van der Waals surface area contributed by atoms with Crippen LogP contribution >= 0.6 is 0 Å². The molecule has 3 rings (SSSR count). The first-order chi connectivity index (χ1) is 12.7. The standard InChI is InChI=1S/C18H26N6O2/c1-13-20-17(23-22-13)14-5-4-6-15(11-14)21-18(26)19-8-10-24-9-3-2-7-16(24)12-25/h4-6,11,16,25H,2-3,7-10,12H2,1H3,(H2,19,21,26)(H,20,22,23)/t16-/m0/s1. The number of carbonyl (C=O) groups is 1. The van der Waals surface area contributed by atoms with Gasteiger partial charge in [0.05, 0.1) is 6.61 Å².